The highest BCUT2D eigenvalue weighted by molar-refractivity contribution is 5.77. The third-order valence-corrected chi connectivity index (χ3v) is 5.06. The minimum Gasteiger partial charge on any atom is -0.484 e. The van der Waals surface area contributed by atoms with Gasteiger partial charge in [0.15, 0.2) is 6.61 Å². The Labute approximate surface area is 168 Å². The SMILES string of the molecule is O=C(COc1cccc(C(F)(F)F)c1)NCc1ccc(C[NH+]2CCCCC2)cc1. The smallest absolute Gasteiger partial charge is 0.416 e. The van der Waals surface area contributed by atoms with Gasteiger partial charge in [-0.3, -0.25) is 4.79 Å². The number of alkyl halides is 3. The summed E-state index contributed by atoms with van der Waals surface area (Å²) >= 11 is 0. The number of likely N-dealkylation sites (tertiary alicyclic amines) is 1. The van der Waals surface area contributed by atoms with E-state index in [4.69, 9.17) is 4.74 Å². The fraction of sp³-hybridized carbons (Fsp3) is 0.409. The third-order valence-electron chi connectivity index (χ3n) is 5.06. The zero-order valence-electron chi connectivity index (χ0n) is 16.2. The fourth-order valence-corrected chi connectivity index (χ4v) is 3.45. The number of halogens is 3. The van der Waals surface area contributed by atoms with E-state index in [0.29, 0.717) is 6.54 Å². The highest BCUT2D eigenvalue weighted by atomic mass is 19.4. The summed E-state index contributed by atoms with van der Waals surface area (Å²) in [6.45, 7) is 3.49. The van der Waals surface area contributed by atoms with Crippen LogP contribution in [-0.4, -0.2) is 25.6 Å². The van der Waals surface area contributed by atoms with Crippen LogP contribution in [0.3, 0.4) is 0 Å². The molecule has 0 aliphatic carbocycles. The second-order valence-corrected chi connectivity index (χ2v) is 7.39. The minimum absolute atomic E-state index is 0.0135. The van der Waals surface area contributed by atoms with E-state index in [2.05, 4.69) is 17.4 Å². The molecule has 3 rings (SSSR count). The van der Waals surface area contributed by atoms with Gasteiger partial charge in [-0.05, 0) is 43.0 Å². The summed E-state index contributed by atoms with van der Waals surface area (Å²) in [6.07, 6.45) is -0.521. The Morgan fingerprint density at radius 1 is 1.00 bits per heavy atom. The zero-order valence-corrected chi connectivity index (χ0v) is 16.2. The molecule has 156 valence electrons. The first-order valence-corrected chi connectivity index (χ1v) is 9.88. The molecule has 0 radical (unpaired) electrons. The van der Waals surface area contributed by atoms with Crippen LogP contribution in [0.1, 0.15) is 36.0 Å². The predicted octanol–water partition coefficient (Wildman–Crippen LogP) is 2.97. The van der Waals surface area contributed by atoms with E-state index in [0.717, 1.165) is 24.2 Å². The van der Waals surface area contributed by atoms with E-state index in [1.165, 1.54) is 50.0 Å². The average Bonchev–Trinajstić information content (AvgIpc) is 2.72. The number of carbonyl (C=O) groups is 1. The van der Waals surface area contributed by atoms with E-state index in [1.54, 1.807) is 4.90 Å². The number of ether oxygens (including phenoxy) is 1. The molecule has 29 heavy (non-hydrogen) atoms. The lowest BCUT2D eigenvalue weighted by Gasteiger charge is -2.23. The molecular formula is C22H26F3N2O2+. The maximum Gasteiger partial charge on any atom is 0.416 e. The molecule has 1 aliphatic heterocycles. The third kappa shape index (κ3) is 6.78. The summed E-state index contributed by atoms with van der Waals surface area (Å²) in [5, 5.41) is 2.72. The van der Waals surface area contributed by atoms with Crippen LogP contribution >= 0.6 is 0 Å². The number of piperidine rings is 1. The molecular weight excluding hydrogens is 381 g/mol. The summed E-state index contributed by atoms with van der Waals surface area (Å²) in [4.78, 5) is 13.6. The van der Waals surface area contributed by atoms with E-state index >= 15 is 0 Å². The molecule has 1 saturated heterocycles. The van der Waals surface area contributed by atoms with Crippen molar-refractivity contribution in [2.24, 2.45) is 0 Å². The highest BCUT2D eigenvalue weighted by Gasteiger charge is 2.30. The summed E-state index contributed by atoms with van der Waals surface area (Å²) in [5.41, 5.74) is 1.45. The topological polar surface area (TPSA) is 42.8 Å². The van der Waals surface area contributed by atoms with Crippen LogP contribution in [0, 0.1) is 0 Å². The van der Waals surface area contributed by atoms with Crippen LogP contribution in [0.15, 0.2) is 48.5 Å². The number of amides is 1. The van der Waals surface area contributed by atoms with E-state index in [1.807, 2.05) is 12.1 Å². The second-order valence-electron chi connectivity index (χ2n) is 7.39. The Hall–Kier alpha value is -2.54. The number of nitrogens with one attached hydrogen (secondary N) is 2. The van der Waals surface area contributed by atoms with Gasteiger partial charge in [0.2, 0.25) is 0 Å². The Balaban J connectivity index is 1.42. The quantitative estimate of drug-likeness (QED) is 0.741. The first-order valence-electron chi connectivity index (χ1n) is 9.88. The van der Waals surface area contributed by atoms with Crippen molar-refractivity contribution >= 4 is 5.91 Å². The number of hydrogen-bond donors (Lipinski definition) is 2. The molecule has 1 amide bonds. The fourth-order valence-electron chi connectivity index (χ4n) is 3.45. The van der Waals surface area contributed by atoms with Crippen LogP contribution < -0.4 is 15.0 Å². The van der Waals surface area contributed by atoms with Crippen LogP contribution in [0.4, 0.5) is 13.2 Å². The summed E-state index contributed by atoms with van der Waals surface area (Å²) < 4.78 is 43.3. The monoisotopic (exact) mass is 407 g/mol. The zero-order chi connectivity index (χ0) is 20.7. The second kappa shape index (κ2) is 9.78. The van der Waals surface area contributed by atoms with Crippen molar-refractivity contribution in [1.82, 2.24) is 5.32 Å². The van der Waals surface area contributed by atoms with Gasteiger partial charge in [0, 0.05) is 12.1 Å². The minimum atomic E-state index is -4.44. The van der Waals surface area contributed by atoms with E-state index < -0.39 is 11.7 Å². The molecule has 4 nitrogen and oxygen atoms in total. The molecule has 0 aromatic heterocycles. The van der Waals surface area contributed by atoms with Gasteiger partial charge in [-0.2, -0.15) is 13.2 Å². The Kier molecular flexibility index (Phi) is 7.14. The van der Waals surface area contributed by atoms with Crippen molar-refractivity contribution in [3.63, 3.8) is 0 Å². The van der Waals surface area contributed by atoms with Gasteiger partial charge in [-0.15, -0.1) is 0 Å². The first-order chi connectivity index (χ1) is 13.9. The van der Waals surface area contributed by atoms with Crippen molar-refractivity contribution in [3.05, 3.63) is 65.2 Å². The summed E-state index contributed by atoms with van der Waals surface area (Å²) in [7, 11) is 0. The molecule has 2 aromatic rings. The van der Waals surface area contributed by atoms with E-state index in [-0.39, 0.29) is 18.3 Å². The van der Waals surface area contributed by atoms with Gasteiger partial charge >= 0.3 is 6.18 Å². The van der Waals surface area contributed by atoms with Crippen LogP contribution in [0.5, 0.6) is 5.75 Å². The predicted molar refractivity (Wildman–Crippen MR) is 103 cm³/mol. The maximum atomic E-state index is 12.7. The first kappa shape index (κ1) is 21.2. The standard InChI is InChI=1S/C22H25F3N2O2/c23-22(24,25)19-5-4-6-20(13-19)29-16-21(28)26-14-17-7-9-18(10-8-17)15-27-11-2-1-3-12-27/h4-10,13H,1-3,11-12,14-16H2,(H,26,28)/p+1. The molecule has 1 aliphatic rings. The molecule has 0 spiro atoms. The number of rotatable bonds is 7. The van der Waals surface area contributed by atoms with Gasteiger partial charge in [0.05, 0.1) is 18.7 Å². The van der Waals surface area contributed by atoms with Crippen molar-refractivity contribution in [3.8, 4) is 5.75 Å². The van der Waals surface area contributed by atoms with Gasteiger partial charge < -0.3 is 15.0 Å². The van der Waals surface area contributed by atoms with Crippen LogP contribution in [-0.2, 0) is 24.1 Å². The molecule has 1 fully saturated rings. The van der Waals surface area contributed by atoms with Crippen molar-refractivity contribution in [1.29, 1.82) is 0 Å². The van der Waals surface area contributed by atoms with Crippen molar-refractivity contribution in [2.45, 2.75) is 38.5 Å². The normalized spacial score (nSPS) is 15.1. The molecule has 0 atom stereocenters. The molecule has 0 saturated carbocycles. The lowest BCUT2D eigenvalue weighted by atomic mass is 10.1. The Bertz CT molecular complexity index is 800. The van der Waals surface area contributed by atoms with Gasteiger partial charge in [-0.1, -0.05) is 30.3 Å². The molecule has 2 aromatic carbocycles. The lowest BCUT2D eigenvalue weighted by Crippen LogP contribution is -3.11. The van der Waals surface area contributed by atoms with Crippen LogP contribution in [0.2, 0.25) is 0 Å². The van der Waals surface area contributed by atoms with Gasteiger partial charge in [0.25, 0.3) is 5.91 Å². The Morgan fingerprint density at radius 3 is 2.38 bits per heavy atom. The number of benzene rings is 2. The van der Waals surface area contributed by atoms with Crippen LogP contribution in [0.25, 0.3) is 0 Å². The highest BCUT2D eigenvalue weighted by Crippen LogP contribution is 2.31. The molecule has 7 heteroatoms. The van der Waals surface area contributed by atoms with Crippen molar-refractivity contribution in [2.75, 3.05) is 19.7 Å². The molecule has 0 bridgehead atoms. The largest absolute Gasteiger partial charge is 0.484 e. The molecule has 1 heterocycles. The number of carbonyl (C=O) groups excluding carboxylic acids is 1. The van der Waals surface area contributed by atoms with Gasteiger partial charge in [-0.25, -0.2) is 0 Å². The van der Waals surface area contributed by atoms with Gasteiger partial charge in [0.1, 0.15) is 12.3 Å². The molecule has 0 unspecified atom stereocenters. The average molecular weight is 407 g/mol. The maximum absolute atomic E-state index is 12.7. The Morgan fingerprint density at radius 2 is 1.69 bits per heavy atom. The summed E-state index contributed by atoms with van der Waals surface area (Å²) in [6, 6.07) is 12.7. The van der Waals surface area contributed by atoms with E-state index in [9.17, 15) is 18.0 Å². The number of quaternary nitrogens is 1. The van der Waals surface area contributed by atoms with Crippen molar-refractivity contribution < 1.29 is 27.6 Å². The lowest BCUT2D eigenvalue weighted by molar-refractivity contribution is -0.918. The summed E-state index contributed by atoms with van der Waals surface area (Å²) in [5.74, 6) is -0.371. The molecule has 2 N–H and O–H groups in total. The number of hydrogen-bond acceptors (Lipinski definition) is 2.